The zero-order valence-electron chi connectivity index (χ0n) is 22.7. The van der Waals surface area contributed by atoms with Crippen LogP contribution in [0, 0.1) is 0 Å². The minimum absolute atomic E-state index is 0.0296. The minimum atomic E-state index is -1.54. The molecule has 2 N–H and O–H groups in total. The van der Waals surface area contributed by atoms with E-state index >= 15 is 0 Å². The zero-order valence-corrected chi connectivity index (χ0v) is 25.2. The van der Waals surface area contributed by atoms with E-state index in [2.05, 4.69) is 20.1 Å². The topological polar surface area (TPSA) is 132 Å². The Kier molecular flexibility index (Phi) is 7.21. The summed E-state index contributed by atoms with van der Waals surface area (Å²) in [5, 5.41) is 9.90. The molecule has 7 rings (SSSR count). The number of aromatic nitrogens is 6. The van der Waals surface area contributed by atoms with Gasteiger partial charge in [-0.2, -0.15) is 0 Å². The molecule has 43 heavy (non-hydrogen) atoms. The number of nitrogen functional groups attached to an aromatic ring is 1. The molecular weight excluding hydrogens is 610 g/mol. The van der Waals surface area contributed by atoms with Crippen LogP contribution in [-0.2, 0) is 30.1 Å². The van der Waals surface area contributed by atoms with Gasteiger partial charge in [0.2, 0.25) is 0 Å². The summed E-state index contributed by atoms with van der Waals surface area (Å²) in [6.45, 7) is -0.0296. The number of pyridine rings is 2. The van der Waals surface area contributed by atoms with Gasteiger partial charge in [-0.05, 0) is 23.8 Å². The second-order valence-electron chi connectivity index (χ2n) is 10.1. The molecule has 2 fully saturated rings. The Bertz CT molecular complexity index is 1720. The van der Waals surface area contributed by atoms with E-state index in [-0.39, 0.29) is 6.61 Å². The summed E-state index contributed by atoms with van der Waals surface area (Å²) < 4.78 is 27.9. The summed E-state index contributed by atoms with van der Waals surface area (Å²) in [5.74, 6) is 0. The van der Waals surface area contributed by atoms with Gasteiger partial charge in [-0.25, -0.2) is 9.67 Å². The van der Waals surface area contributed by atoms with Gasteiger partial charge in [0.15, 0.2) is 27.6 Å². The minimum Gasteiger partial charge on any atom is -0.375 e. The first-order valence-corrected chi connectivity index (χ1v) is 15.1. The molecule has 0 bridgehead atoms. The van der Waals surface area contributed by atoms with Gasteiger partial charge in [0, 0.05) is 48.4 Å². The van der Waals surface area contributed by atoms with E-state index in [9.17, 15) is 0 Å². The number of alkyl halides is 1. The normalized spacial score (nSPS) is 30.5. The lowest BCUT2D eigenvalue weighted by molar-refractivity contribution is -0.361. The van der Waals surface area contributed by atoms with E-state index in [1.165, 1.54) is 11.3 Å². The molecule has 0 amide bonds. The van der Waals surface area contributed by atoms with Gasteiger partial charge in [0.25, 0.3) is 0 Å². The molecule has 2 saturated heterocycles. The van der Waals surface area contributed by atoms with Crippen LogP contribution in [0.1, 0.15) is 23.0 Å². The number of ether oxygens (including phenoxy) is 4. The Balaban J connectivity index is 1.55. The quantitative estimate of drug-likeness (QED) is 0.204. The van der Waals surface area contributed by atoms with E-state index in [1.807, 2.05) is 60.0 Å². The Hall–Kier alpha value is -3.43. The molecule has 6 heterocycles. The van der Waals surface area contributed by atoms with Crippen LogP contribution >= 0.6 is 35.6 Å². The van der Waals surface area contributed by atoms with Crippen molar-refractivity contribution < 1.29 is 18.9 Å². The molecule has 0 saturated carbocycles. The fraction of sp³-hybridized carbons (Fsp3) is 0.276. The number of hydrogen-bond acceptors (Lipinski definition) is 12. The van der Waals surface area contributed by atoms with Crippen molar-refractivity contribution in [2.75, 3.05) is 19.5 Å². The predicted molar refractivity (Wildman–Crippen MR) is 162 cm³/mol. The van der Waals surface area contributed by atoms with Crippen LogP contribution in [0.15, 0.2) is 91.0 Å². The van der Waals surface area contributed by atoms with Crippen LogP contribution in [0.25, 0.3) is 11.4 Å². The summed E-state index contributed by atoms with van der Waals surface area (Å²) in [7, 11) is 1.59. The van der Waals surface area contributed by atoms with E-state index in [4.69, 9.17) is 54.1 Å². The number of methoxy groups -OCH3 is 1. The monoisotopic (exact) mass is 635 g/mol. The van der Waals surface area contributed by atoms with Crippen molar-refractivity contribution in [2.45, 2.75) is 34.0 Å². The molecule has 6 atom stereocenters. The Morgan fingerprint density at radius 1 is 1.05 bits per heavy atom. The Morgan fingerprint density at radius 3 is 2.56 bits per heavy atom. The lowest BCUT2D eigenvalue weighted by Gasteiger charge is -2.63. The lowest BCUT2D eigenvalue weighted by atomic mass is 9.64. The van der Waals surface area contributed by atoms with Crippen molar-refractivity contribution in [1.29, 1.82) is 0 Å². The third-order valence-corrected chi connectivity index (χ3v) is 9.47. The third-order valence-electron chi connectivity index (χ3n) is 7.93. The van der Waals surface area contributed by atoms with Crippen LogP contribution < -0.4 is 5.73 Å². The highest BCUT2D eigenvalue weighted by Crippen LogP contribution is 2.62. The highest BCUT2D eigenvalue weighted by atomic mass is 35.5. The van der Waals surface area contributed by atoms with Gasteiger partial charge >= 0.3 is 0 Å². The average Bonchev–Trinajstić information content (AvgIpc) is 3.71. The van der Waals surface area contributed by atoms with Crippen molar-refractivity contribution in [1.82, 2.24) is 29.9 Å². The molecule has 0 radical (unpaired) electrons. The second kappa shape index (κ2) is 10.9. The van der Waals surface area contributed by atoms with Gasteiger partial charge in [-0.1, -0.05) is 53.2 Å². The first kappa shape index (κ1) is 28.3. The van der Waals surface area contributed by atoms with Crippen molar-refractivity contribution in [3.63, 3.8) is 0 Å². The highest BCUT2D eigenvalue weighted by Gasteiger charge is 2.75. The molecule has 2 unspecified atom stereocenters. The number of fused-ring (bicyclic) bond motifs is 1. The second-order valence-corrected chi connectivity index (χ2v) is 12.1. The number of halogens is 1. The van der Waals surface area contributed by atoms with Gasteiger partial charge in [-0.15, -0.1) is 29.1 Å². The molecule has 0 aliphatic carbocycles. The molecule has 14 heteroatoms. The number of nitrogens with zero attached hydrogens (tertiary/aromatic N) is 6. The SMILES string of the molecule is CO[C@@]1(c2ccncc2)[C@@H](S)O[C@@]2(Cl)COC(c3ccccc3)O[C@@H]2C1(c1cccnc1)n1cc(-c2csc(N)n2)nn1. The number of anilines is 1. The summed E-state index contributed by atoms with van der Waals surface area (Å²) in [5.41, 5.74) is 5.33. The number of nitrogens with two attached hydrogens (primary N) is 1. The number of rotatable bonds is 6. The van der Waals surface area contributed by atoms with Crippen LogP contribution in [-0.4, -0.2) is 60.3 Å². The molecule has 1 aromatic carbocycles. The smallest absolute Gasteiger partial charge is 0.195 e. The lowest BCUT2D eigenvalue weighted by Crippen LogP contribution is -2.77. The maximum absolute atomic E-state index is 7.41. The van der Waals surface area contributed by atoms with E-state index in [0.717, 1.165) is 5.56 Å². The first-order valence-electron chi connectivity index (χ1n) is 13.3. The zero-order chi connectivity index (χ0) is 29.7. The fourth-order valence-corrected chi connectivity index (χ4v) is 7.76. The molecule has 0 spiro atoms. The largest absolute Gasteiger partial charge is 0.375 e. The summed E-state index contributed by atoms with van der Waals surface area (Å²) >= 11 is 13.7. The van der Waals surface area contributed by atoms with E-state index in [0.29, 0.717) is 27.6 Å². The maximum atomic E-state index is 7.41. The molecule has 11 nitrogen and oxygen atoms in total. The Morgan fingerprint density at radius 2 is 1.86 bits per heavy atom. The highest BCUT2D eigenvalue weighted by molar-refractivity contribution is 7.80. The summed E-state index contributed by atoms with van der Waals surface area (Å²) in [6, 6.07) is 17.0. The van der Waals surface area contributed by atoms with Crippen LogP contribution in [0.5, 0.6) is 0 Å². The summed E-state index contributed by atoms with van der Waals surface area (Å²) in [6.07, 6.45) is 6.75. The van der Waals surface area contributed by atoms with Crippen molar-refractivity contribution in [3.8, 4) is 11.4 Å². The van der Waals surface area contributed by atoms with Gasteiger partial charge in [0.1, 0.15) is 22.9 Å². The van der Waals surface area contributed by atoms with Gasteiger partial charge in [-0.3, -0.25) is 9.97 Å². The average molecular weight is 636 g/mol. The first-order chi connectivity index (χ1) is 20.9. The third kappa shape index (κ3) is 4.30. The van der Waals surface area contributed by atoms with Gasteiger partial charge in [0.05, 0.1) is 12.8 Å². The number of hydrogen-bond donors (Lipinski definition) is 2. The molecule has 220 valence electrons. The molecule has 2 aliphatic rings. The number of thiazole rings is 1. The maximum Gasteiger partial charge on any atom is 0.195 e. The number of benzene rings is 1. The standard InChI is InChI=1S/C29H26ClN7O4S2/c1-38-29(19-9-12-32-13-10-19)25(42)41-27(30)17-39-23(18-6-3-2-4-7-18)40-24(27)28(29,20-8-5-11-33-14-20)37-15-21(35-36-37)22-16-43-26(31)34-22/h2-16,23-25,42H,17H2,1H3,(H2,31,34)/t23?,24-,25+,27-,28?,29-/m0/s1. The van der Waals surface area contributed by atoms with Crippen LogP contribution in [0.4, 0.5) is 5.13 Å². The van der Waals surface area contributed by atoms with E-state index < -0.39 is 34.0 Å². The molecule has 5 aromatic rings. The van der Waals surface area contributed by atoms with Crippen molar-refractivity contribution in [2.24, 2.45) is 0 Å². The van der Waals surface area contributed by atoms with Crippen LogP contribution in [0.3, 0.4) is 0 Å². The fourth-order valence-electron chi connectivity index (χ4n) is 6.14. The van der Waals surface area contributed by atoms with Crippen molar-refractivity contribution >= 4 is 40.7 Å². The Labute approximate surface area is 261 Å². The summed E-state index contributed by atoms with van der Waals surface area (Å²) in [4.78, 5) is 13.2. The number of thiol groups is 1. The van der Waals surface area contributed by atoms with Crippen molar-refractivity contribution in [3.05, 3.63) is 108 Å². The molecule has 2 aliphatic heterocycles. The van der Waals surface area contributed by atoms with Crippen LogP contribution in [0.2, 0.25) is 0 Å². The van der Waals surface area contributed by atoms with E-state index in [1.54, 1.807) is 42.8 Å². The van der Waals surface area contributed by atoms with Gasteiger partial charge < -0.3 is 24.7 Å². The molecule has 4 aromatic heterocycles. The predicted octanol–water partition coefficient (Wildman–Crippen LogP) is 4.39. The molecular formula is C29H26ClN7O4S2.